The Balaban J connectivity index is 1.74. The van der Waals surface area contributed by atoms with Crippen LogP contribution in [0.1, 0.15) is 47.6 Å². The average Bonchev–Trinajstić information content (AvgIpc) is 3.16. The summed E-state index contributed by atoms with van der Waals surface area (Å²) < 4.78 is 1.73. The van der Waals surface area contributed by atoms with E-state index >= 15 is 0 Å². The molecular formula is C25H27N5O. The van der Waals surface area contributed by atoms with E-state index in [0.717, 1.165) is 28.2 Å². The monoisotopic (exact) mass is 413 g/mol. The van der Waals surface area contributed by atoms with E-state index < -0.39 is 0 Å². The summed E-state index contributed by atoms with van der Waals surface area (Å²) in [5, 5.41) is 4.63. The van der Waals surface area contributed by atoms with Gasteiger partial charge in [0.1, 0.15) is 0 Å². The first-order chi connectivity index (χ1) is 15.0. The molecule has 0 saturated carbocycles. The first-order valence-electron chi connectivity index (χ1n) is 10.6. The number of rotatable bonds is 6. The molecule has 31 heavy (non-hydrogen) atoms. The van der Waals surface area contributed by atoms with Gasteiger partial charge in [-0.05, 0) is 56.5 Å². The van der Waals surface area contributed by atoms with E-state index in [0.29, 0.717) is 18.0 Å². The molecule has 158 valence electrons. The number of nitrogens with zero attached hydrogens (tertiary/aromatic N) is 5. The Morgan fingerprint density at radius 3 is 2.48 bits per heavy atom. The lowest BCUT2D eigenvalue weighted by Crippen LogP contribution is -2.35. The second kappa shape index (κ2) is 8.68. The zero-order valence-electron chi connectivity index (χ0n) is 18.4. The van der Waals surface area contributed by atoms with Crippen LogP contribution in [0.4, 0.5) is 5.69 Å². The second-order valence-electron chi connectivity index (χ2n) is 7.91. The standard InChI is InChI=1S/C25H27N5O/c1-5-22(20-11-7-6-8-12-20)24(31)29(21-13-9-10-17(2)14-21)16-23-27-25-26-18(3)15-19(4)30(25)28-23/h6-15,22H,5,16H2,1-4H3/t22-/m1/s1. The minimum Gasteiger partial charge on any atom is -0.304 e. The van der Waals surface area contributed by atoms with Gasteiger partial charge in [-0.15, -0.1) is 5.10 Å². The number of hydrogen-bond acceptors (Lipinski definition) is 4. The van der Waals surface area contributed by atoms with Crippen molar-refractivity contribution in [1.29, 1.82) is 0 Å². The molecule has 2 aromatic carbocycles. The van der Waals surface area contributed by atoms with Crippen LogP contribution >= 0.6 is 0 Å². The number of aryl methyl sites for hydroxylation is 3. The number of carbonyl (C=O) groups excluding carboxylic acids is 1. The van der Waals surface area contributed by atoms with Crippen LogP contribution in [0.15, 0.2) is 60.7 Å². The fourth-order valence-corrected chi connectivity index (χ4v) is 3.93. The third kappa shape index (κ3) is 4.33. The van der Waals surface area contributed by atoms with Gasteiger partial charge in [-0.3, -0.25) is 4.79 Å². The number of fused-ring (bicyclic) bond motifs is 1. The summed E-state index contributed by atoms with van der Waals surface area (Å²) in [7, 11) is 0. The summed E-state index contributed by atoms with van der Waals surface area (Å²) >= 11 is 0. The Labute approximate surface area is 182 Å². The summed E-state index contributed by atoms with van der Waals surface area (Å²) in [5.41, 5.74) is 4.82. The highest BCUT2D eigenvalue weighted by molar-refractivity contribution is 5.98. The number of hydrogen-bond donors (Lipinski definition) is 0. The van der Waals surface area contributed by atoms with Crippen LogP contribution < -0.4 is 4.90 Å². The lowest BCUT2D eigenvalue weighted by Gasteiger charge is -2.26. The maximum absolute atomic E-state index is 13.8. The maximum atomic E-state index is 13.8. The van der Waals surface area contributed by atoms with Crippen LogP contribution in [0.25, 0.3) is 5.78 Å². The molecule has 1 atom stereocenters. The summed E-state index contributed by atoms with van der Waals surface area (Å²) in [6.45, 7) is 8.28. The van der Waals surface area contributed by atoms with Crippen LogP contribution in [0.5, 0.6) is 0 Å². The molecule has 1 amide bonds. The van der Waals surface area contributed by atoms with Gasteiger partial charge < -0.3 is 4.90 Å². The highest BCUT2D eigenvalue weighted by Gasteiger charge is 2.27. The lowest BCUT2D eigenvalue weighted by atomic mass is 9.94. The molecule has 0 N–H and O–H groups in total. The number of amides is 1. The van der Waals surface area contributed by atoms with Gasteiger partial charge in [0, 0.05) is 17.1 Å². The topological polar surface area (TPSA) is 63.4 Å². The molecule has 6 nitrogen and oxygen atoms in total. The van der Waals surface area contributed by atoms with Crippen molar-refractivity contribution in [3.8, 4) is 0 Å². The molecular weight excluding hydrogens is 386 g/mol. The molecule has 4 aromatic rings. The first-order valence-corrected chi connectivity index (χ1v) is 10.6. The third-order valence-electron chi connectivity index (χ3n) is 5.45. The largest absolute Gasteiger partial charge is 0.304 e. The van der Waals surface area contributed by atoms with E-state index in [-0.39, 0.29) is 18.4 Å². The minimum absolute atomic E-state index is 0.0408. The Bertz CT molecular complexity index is 1220. The van der Waals surface area contributed by atoms with Gasteiger partial charge in [-0.1, -0.05) is 49.4 Å². The molecule has 0 bridgehead atoms. The molecule has 0 spiro atoms. The van der Waals surface area contributed by atoms with Crippen molar-refractivity contribution in [1.82, 2.24) is 19.6 Å². The van der Waals surface area contributed by atoms with Gasteiger partial charge in [0.2, 0.25) is 5.91 Å². The minimum atomic E-state index is -0.235. The van der Waals surface area contributed by atoms with Crippen molar-refractivity contribution in [2.24, 2.45) is 0 Å². The molecule has 4 rings (SSSR count). The predicted octanol–water partition coefficient (Wildman–Crippen LogP) is 4.78. The summed E-state index contributed by atoms with van der Waals surface area (Å²) in [6, 6.07) is 19.9. The quantitative estimate of drug-likeness (QED) is 0.456. The smallest absolute Gasteiger partial charge is 0.252 e. The van der Waals surface area contributed by atoms with Crippen molar-refractivity contribution in [2.45, 2.75) is 46.6 Å². The molecule has 6 heteroatoms. The molecule has 0 radical (unpaired) electrons. The molecule has 0 aliphatic heterocycles. The molecule has 2 heterocycles. The number of anilines is 1. The second-order valence-corrected chi connectivity index (χ2v) is 7.91. The highest BCUT2D eigenvalue weighted by atomic mass is 16.2. The Morgan fingerprint density at radius 1 is 1.00 bits per heavy atom. The van der Waals surface area contributed by atoms with Crippen LogP contribution in [-0.2, 0) is 11.3 Å². The van der Waals surface area contributed by atoms with E-state index in [9.17, 15) is 4.79 Å². The summed E-state index contributed by atoms with van der Waals surface area (Å²) in [4.78, 5) is 24.7. The van der Waals surface area contributed by atoms with Crippen molar-refractivity contribution >= 4 is 17.4 Å². The van der Waals surface area contributed by atoms with Gasteiger partial charge in [0.15, 0.2) is 5.82 Å². The Kier molecular flexibility index (Phi) is 5.80. The first kappa shape index (κ1) is 20.7. The normalized spacial score (nSPS) is 12.1. The predicted molar refractivity (Wildman–Crippen MR) is 122 cm³/mol. The molecule has 0 fully saturated rings. The number of aromatic nitrogens is 4. The van der Waals surface area contributed by atoms with Crippen LogP contribution in [0, 0.1) is 20.8 Å². The van der Waals surface area contributed by atoms with Crippen LogP contribution in [-0.4, -0.2) is 25.5 Å². The van der Waals surface area contributed by atoms with E-state index in [1.165, 1.54) is 0 Å². The van der Waals surface area contributed by atoms with Gasteiger partial charge >= 0.3 is 0 Å². The maximum Gasteiger partial charge on any atom is 0.252 e. The highest BCUT2D eigenvalue weighted by Crippen LogP contribution is 2.27. The van der Waals surface area contributed by atoms with Gasteiger partial charge in [-0.25, -0.2) is 9.50 Å². The van der Waals surface area contributed by atoms with E-state index in [1.54, 1.807) is 9.42 Å². The van der Waals surface area contributed by atoms with Gasteiger partial charge in [0.25, 0.3) is 5.78 Å². The van der Waals surface area contributed by atoms with Crippen LogP contribution in [0.3, 0.4) is 0 Å². The van der Waals surface area contributed by atoms with Gasteiger partial charge in [-0.2, -0.15) is 4.98 Å². The molecule has 2 aromatic heterocycles. The SMILES string of the molecule is CC[C@@H](C(=O)N(Cc1nc2nc(C)cc(C)n2n1)c1cccc(C)c1)c1ccccc1. The number of carbonyl (C=O) groups is 1. The van der Waals surface area contributed by atoms with E-state index in [1.807, 2.05) is 88.4 Å². The zero-order chi connectivity index (χ0) is 22.0. The van der Waals surface area contributed by atoms with Crippen LogP contribution in [0.2, 0.25) is 0 Å². The fourth-order valence-electron chi connectivity index (χ4n) is 3.93. The molecule has 0 unspecified atom stereocenters. The van der Waals surface area contributed by atoms with E-state index in [4.69, 9.17) is 0 Å². The van der Waals surface area contributed by atoms with Crippen molar-refractivity contribution in [3.63, 3.8) is 0 Å². The number of benzene rings is 2. The third-order valence-corrected chi connectivity index (χ3v) is 5.45. The Morgan fingerprint density at radius 2 is 1.77 bits per heavy atom. The lowest BCUT2D eigenvalue weighted by molar-refractivity contribution is -0.120. The summed E-state index contributed by atoms with van der Waals surface area (Å²) in [5.74, 6) is 0.929. The summed E-state index contributed by atoms with van der Waals surface area (Å²) in [6.07, 6.45) is 0.712. The molecule has 0 saturated heterocycles. The average molecular weight is 414 g/mol. The van der Waals surface area contributed by atoms with Gasteiger partial charge in [0.05, 0.1) is 12.5 Å². The molecule has 0 aliphatic carbocycles. The Hall–Kier alpha value is -3.54. The molecule has 0 aliphatic rings. The van der Waals surface area contributed by atoms with Crippen molar-refractivity contribution in [2.75, 3.05) is 4.90 Å². The van der Waals surface area contributed by atoms with Crippen molar-refractivity contribution in [3.05, 3.63) is 89.0 Å². The fraction of sp³-hybridized carbons (Fsp3) is 0.280. The van der Waals surface area contributed by atoms with Crippen molar-refractivity contribution < 1.29 is 4.79 Å². The zero-order valence-corrected chi connectivity index (χ0v) is 18.4. The van der Waals surface area contributed by atoms with E-state index in [2.05, 4.69) is 15.1 Å².